The molecular weight excluding hydrogens is 314 g/mol. The fourth-order valence-electron chi connectivity index (χ4n) is 2.63. The third kappa shape index (κ3) is 5.13. The highest BCUT2D eigenvalue weighted by molar-refractivity contribution is 7.91. The van der Waals surface area contributed by atoms with Crippen molar-refractivity contribution in [2.75, 3.05) is 25.2 Å². The van der Waals surface area contributed by atoms with Gasteiger partial charge in [-0.25, -0.2) is 13.4 Å². The van der Waals surface area contributed by atoms with E-state index in [0.717, 1.165) is 23.4 Å². The van der Waals surface area contributed by atoms with Gasteiger partial charge in [-0.2, -0.15) is 0 Å². The molecule has 0 spiro atoms. The number of guanidine groups is 1. The number of rotatable bonds is 5. The Kier molecular flexibility index (Phi) is 5.87. The van der Waals surface area contributed by atoms with E-state index in [4.69, 9.17) is 4.74 Å². The van der Waals surface area contributed by atoms with Gasteiger partial charge in [0.2, 0.25) is 0 Å². The SMILES string of the molecule is CCNC(=NCc1ccc(OC)c(C)c1)NC1CCS(=O)(=O)C1. The average Bonchev–Trinajstić information content (AvgIpc) is 2.84. The fourth-order valence-corrected chi connectivity index (χ4v) is 4.30. The Labute approximate surface area is 138 Å². The Morgan fingerprint density at radius 2 is 2.22 bits per heavy atom. The number of benzene rings is 1. The van der Waals surface area contributed by atoms with Gasteiger partial charge in [-0.1, -0.05) is 12.1 Å². The van der Waals surface area contributed by atoms with E-state index < -0.39 is 9.84 Å². The van der Waals surface area contributed by atoms with Crippen LogP contribution in [0.5, 0.6) is 5.75 Å². The topological polar surface area (TPSA) is 79.8 Å². The highest BCUT2D eigenvalue weighted by Gasteiger charge is 2.28. The molecule has 6 nitrogen and oxygen atoms in total. The summed E-state index contributed by atoms with van der Waals surface area (Å²) in [5.74, 6) is 1.95. The molecule has 0 radical (unpaired) electrons. The number of hydrogen-bond acceptors (Lipinski definition) is 4. The van der Waals surface area contributed by atoms with Crippen LogP contribution in [0.1, 0.15) is 24.5 Å². The number of sulfone groups is 1. The second-order valence-corrected chi connectivity index (χ2v) is 7.97. The summed E-state index contributed by atoms with van der Waals surface area (Å²) in [5.41, 5.74) is 2.15. The van der Waals surface area contributed by atoms with Gasteiger partial charge in [0.25, 0.3) is 0 Å². The Balaban J connectivity index is 2.02. The molecule has 1 heterocycles. The van der Waals surface area contributed by atoms with Crippen LogP contribution in [-0.2, 0) is 16.4 Å². The number of nitrogens with one attached hydrogen (secondary N) is 2. The minimum absolute atomic E-state index is 0.0598. The summed E-state index contributed by atoms with van der Waals surface area (Å²) in [6, 6.07) is 5.91. The molecule has 23 heavy (non-hydrogen) atoms. The van der Waals surface area contributed by atoms with E-state index in [9.17, 15) is 8.42 Å². The van der Waals surface area contributed by atoms with Crippen molar-refractivity contribution in [3.63, 3.8) is 0 Å². The van der Waals surface area contributed by atoms with Crippen molar-refractivity contribution in [3.8, 4) is 5.75 Å². The van der Waals surface area contributed by atoms with Gasteiger partial charge in [-0.05, 0) is 37.5 Å². The monoisotopic (exact) mass is 339 g/mol. The maximum atomic E-state index is 11.5. The predicted octanol–water partition coefficient (Wildman–Crippen LogP) is 1.25. The Bertz CT molecular complexity index is 671. The van der Waals surface area contributed by atoms with Crippen LogP contribution >= 0.6 is 0 Å². The molecule has 1 aliphatic heterocycles. The zero-order valence-electron chi connectivity index (χ0n) is 13.9. The second-order valence-electron chi connectivity index (χ2n) is 5.74. The van der Waals surface area contributed by atoms with Crippen molar-refractivity contribution in [1.82, 2.24) is 10.6 Å². The summed E-state index contributed by atoms with van der Waals surface area (Å²) >= 11 is 0. The van der Waals surface area contributed by atoms with Gasteiger partial charge in [0.05, 0.1) is 25.2 Å². The lowest BCUT2D eigenvalue weighted by Gasteiger charge is -2.16. The van der Waals surface area contributed by atoms with Gasteiger partial charge in [0.1, 0.15) is 5.75 Å². The Morgan fingerprint density at radius 1 is 1.43 bits per heavy atom. The van der Waals surface area contributed by atoms with Crippen molar-refractivity contribution >= 4 is 15.8 Å². The Hall–Kier alpha value is -1.76. The number of aliphatic imine (C=N–C) groups is 1. The van der Waals surface area contributed by atoms with E-state index in [1.54, 1.807) is 7.11 Å². The van der Waals surface area contributed by atoms with Crippen molar-refractivity contribution in [3.05, 3.63) is 29.3 Å². The van der Waals surface area contributed by atoms with Crippen LogP contribution in [0, 0.1) is 6.92 Å². The summed E-state index contributed by atoms with van der Waals surface area (Å²) in [5, 5.41) is 6.38. The third-order valence-corrected chi connectivity index (χ3v) is 5.56. The molecule has 128 valence electrons. The molecule has 1 saturated heterocycles. The lowest BCUT2D eigenvalue weighted by atomic mass is 10.1. The van der Waals surface area contributed by atoms with E-state index in [1.807, 2.05) is 32.0 Å². The largest absolute Gasteiger partial charge is 0.496 e. The smallest absolute Gasteiger partial charge is 0.191 e. The zero-order chi connectivity index (χ0) is 16.9. The first kappa shape index (κ1) is 17.6. The molecule has 0 saturated carbocycles. The minimum atomic E-state index is -2.90. The van der Waals surface area contributed by atoms with Crippen LogP contribution in [-0.4, -0.2) is 45.6 Å². The highest BCUT2D eigenvalue weighted by Crippen LogP contribution is 2.19. The summed E-state index contributed by atoms with van der Waals surface area (Å²) in [6.45, 7) is 5.24. The summed E-state index contributed by atoms with van der Waals surface area (Å²) in [4.78, 5) is 4.55. The molecule has 1 aromatic rings. The second kappa shape index (κ2) is 7.68. The molecule has 1 unspecified atom stereocenters. The first-order valence-electron chi connectivity index (χ1n) is 7.82. The molecule has 0 aromatic heterocycles. The molecule has 1 aromatic carbocycles. The lowest BCUT2D eigenvalue weighted by molar-refractivity contribution is 0.411. The Morgan fingerprint density at radius 3 is 2.78 bits per heavy atom. The van der Waals surface area contributed by atoms with E-state index in [-0.39, 0.29) is 17.5 Å². The van der Waals surface area contributed by atoms with Crippen molar-refractivity contribution in [2.45, 2.75) is 32.9 Å². The van der Waals surface area contributed by atoms with Crippen LogP contribution in [0.2, 0.25) is 0 Å². The lowest BCUT2D eigenvalue weighted by Crippen LogP contribution is -2.44. The van der Waals surface area contributed by atoms with Gasteiger partial charge in [0, 0.05) is 12.6 Å². The highest BCUT2D eigenvalue weighted by atomic mass is 32.2. The van der Waals surface area contributed by atoms with Crippen LogP contribution in [0.25, 0.3) is 0 Å². The van der Waals surface area contributed by atoms with E-state index in [2.05, 4.69) is 15.6 Å². The molecular formula is C16H25N3O3S. The standard InChI is InChI=1S/C16H25N3O3S/c1-4-17-16(19-14-7-8-23(20,21)11-14)18-10-13-5-6-15(22-3)12(2)9-13/h5-6,9,14H,4,7-8,10-11H2,1-3H3,(H2,17,18,19). The fraction of sp³-hybridized carbons (Fsp3) is 0.562. The normalized spacial score (nSPS) is 20.3. The molecule has 2 rings (SSSR count). The first-order chi connectivity index (χ1) is 10.9. The van der Waals surface area contributed by atoms with Gasteiger partial charge >= 0.3 is 0 Å². The van der Waals surface area contributed by atoms with Gasteiger partial charge in [-0.15, -0.1) is 0 Å². The van der Waals surface area contributed by atoms with Gasteiger partial charge in [0.15, 0.2) is 15.8 Å². The van der Waals surface area contributed by atoms with Crippen molar-refractivity contribution in [2.24, 2.45) is 4.99 Å². The maximum Gasteiger partial charge on any atom is 0.191 e. The zero-order valence-corrected chi connectivity index (χ0v) is 14.7. The molecule has 1 fully saturated rings. The predicted molar refractivity (Wildman–Crippen MR) is 92.7 cm³/mol. The third-order valence-electron chi connectivity index (χ3n) is 3.80. The van der Waals surface area contributed by atoms with Crippen LogP contribution in [0.4, 0.5) is 0 Å². The molecule has 7 heteroatoms. The molecule has 0 amide bonds. The van der Waals surface area contributed by atoms with E-state index >= 15 is 0 Å². The van der Waals surface area contributed by atoms with E-state index in [1.165, 1.54) is 0 Å². The summed E-state index contributed by atoms with van der Waals surface area (Å²) in [7, 11) is -1.24. The number of ether oxygens (including phenoxy) is 1. The molecule has 0 aliphatic carbocycles. The van der Waals surface area contributed by atoms with Crippen LogP contribution in [0.15, 0.2) is 23.2 Å². The maximum absolute atomic E-state index is 11.5. The van der Waals surface area contributed by atoms with Gasteiger partial charge < -0.3 is 15.4 Å². The molecule has 1 atom stereocenters. The number of hydrogen-bond donors (Lipinski definition) is 2. The molecule has 0 bridgehead atoms. The van der Waals surface area contributed by atoms with Crippen LogP contribution < -0.4 is 15.4 Å². The first-order valence-corrected chi connectivity index (χ1v) is 9.64. The minimum Gasteiger partial charge on any atom is -0.496 e. The number of methoxy groups -OCH3 is 1. The average molecular weight is 339 g/mol. The van der Waals surface area contributed by atoms with Gasteiger partial charge in [-0.3, -0.25) is 0 Å². The number of aryl methyl sites for hydroxylation is 1. The molecule has 2 N–H and O–H groups in total. The van der Waals surface area contributed by atoms with E-state index in [0.29, 0.717) is 18.9 Å². The number of nitrogens with zero attached hydrogens (tertiary/aromatic N) is 1. The van der Waals surface area contributed by atoms with Crippen LogP contribution in [0.3, 0.4) is 0 Å². The summed E-state index contributed by atoms with van der Waals surface area (Å²) < 4.78 is 28.3. The molecule has 1 aliphatic rings. The van der Waals surface area contributed by atoms with Crippen molar-refractivity contribution < 1.29 is 13.2 Å². The van der Waals surface area contributed by atoms with Crippen molar-refractivity contribution in [1.29, 1.82) is 0 Å². The summed E-state index contributed by atoms with van der Waals surface area (Å²) in [6.07, 6.45) is 0.633. The quantitative estimate of drug-likeness (QED) is 0.623.